The summed E-state index contributed by atoms with van der Waals surface area (Å²) in [7, 11) is 0. The van der Waals surface area contributed by atoms with E-state index in [4.69, 9.17) is 9.15 Å². The standard InChI is InChI=1S/C19H15N3O6S/c1-12-20-21-19(28-12)29-17(18(23)24)10-14-4-2-3-5-16(14)27-11-13-6-8-15(9-7-13)22(25)26/h2-10H,11H2,1H3,(H,23,24)/p-1/b17-10-. The van der Waals surface area contributed by atoms with E-state index in [0.717, 1.165) is 17.3 Å². The molecule has 10 heteroatoms. The van der Waals surface area contributed by atoms with Crippen molar-refractivity contribution < 1.29 is 24.0 Å². The lowest BCUT2D eigenvalue weighted by Gasteiger charge is -2.11. The number of hydrogen-bond donors (Lipinski definition) is 0. The van der Waals surface area contributed by atoms with Crippen LogP contribution in [0.3, 0.4) is 0 Å². The van der Waals surface area contributed by atoms with E-state index in [2.05, 4.69) is 10.2 Å². The molecule has 0 N–H and O–H groups in total. The summed E-state index contributed by atoms with van der Waals surface area (Å²) in [6.07, 6.45) is 1.39. The van der Waals surface area contributed by atoms with Gasteiger partial charge < -0.3 is 19.1 Å². The first-order chi connectivity index (χ1) is 13.9. The lowest BCUT2D eigenvalue weighted by atomic mass is 10.2. The van der Waals surface area contributed by atoms with E-state index in [1.165, 1.54) is 18.2 Å². The number of carbonyl (C=O) groups excluding carboxylic acids is 1. The van der Waals surface area contributed by atoms with E-state index in [1.807, 2.05) is 0 Å². The van der Waals surface area contributed by atoms with Crippen LogP contribution in [0.4, 0.5) is 5.69 Å². The highest BCUT2D eigenvalue weighted by Crippen LogP contribution is 2.30. The second-order valence-corrected chi connectivity index (χ2v) is 6.73. The summed E-state index contributed by atoms with van der Waals surface area (Å²) < 4.78 is 11.0. The smallest absolute Gasteiger partial charge is 0.281 e. The van der Waals surface area contributed by atoms with Crippen molar-refractivity contribution in [3.8, 4) is 5.75 Å². The minimum Gasteiger partial charge on any atom is -0.544 e. The van der Waals surface area contributed by atoms with Crippen LogP contribution in [0.15, 0.2) is 63.1 Å². The van der Waals surface area contributed by atoms with Crippen LogP contribution < -0.4 is 9.84 Å². The molecule has 0 aliphatic rings. The molecule has 3 rings (SSSR count). The van der Waals surface area contributed by atoms with E-state index in [-0.39, 0.29) is 22.4 Å². The van der Waals surface area contributed by atoms with Crippen molar-refractivity contribution in [1.29, 1.82) is 0 Å². The Morgan fingerprint density at radius 1 is 1.21 bits per heavy atom. The molecule has 3 aromatic rings. The number of thioether (sulfide) groups is 1. The van der Waals surface area contributed by atoms with Gasteiger partial charge in [-0.1, -0.05) is 18.2 Å². The van der Waals surface area contributed by atoms with Crippen molar-refractivity contribution >= 4 is 29.5 Å². The number of non-ortho nitro benzene ring substituents is 1. The molecule has 1 heterocycles. The average Bonchev–Trinajstić information content (AvgIpc) is 3.11. The fraction of sp³-hybridized carbons (Fsp3) is 0.105. The summed E-state index contributed by atoms with van der Waals surface area (Å²) in [6.45, 7) is 1.75. The molecule has 0 spiro atoms. The van der Waals surface area contributed by atoms with Gasteiger partial charge in [-0.2, -0.15) is 0 Å². The lowest BCUT2D eigenvalue weighted by Crippen LogP contribution is -2.23. The molecule has 0 radical (unpaired) electrons. The van der Waals surface area contributed by atoms with E-state index < -0.39 is 10.9 Å². The number of carboxylic acids is 1. The highest BCUT2D eigenvalue weighted by Gasteiger charge is 2.11. The molecular weight excluding hydrogens is 398 g/mol. The Kier molecular flexibility index (Phi) is 6.25. The SMILES string of the molecule is Cc1nnc(S/C(=C\c2ccccc2OCc2ccc([N+](=O)[O-])cc2)C(=O)[O-])o1. The van der Waals surface area contributed by atoms with E-state index >= 15 is 0 Å². The van der Waals surface area contributed by atoms with Gasteiger partial charge in [0, 0.05) is 29.5 Å². The van der Waals surface area contributed by atoms with Crippen LogP contribution in [0, 0.1) is 17.0 Å². The number of nitro groups is 1. The molecule has 0 unspecified atom stereocenters. The number of benzene rings is 2. The third-order valence-electron chi connectivity index (χ3n) is 3.65. The fourth-order valence-corrected chi connectivity index (χ4v) is 2.99. The molecule has 0 saturated carbocycles. The van der Waals surface area contributed by atoms with Crippen molar-refractivity contribution in [2.75, 3.05) is 0 Å². The molecule has 0 amide bonds. The number of rotatable bonds is 8. The summed E-state index contributed by atoms with van der Waals surface area (Å²) in [5.74, 6) is -0.639. The van der Waals surface area contributed by atoms with Gasteiger partial charge in [0.2, 0.25) is 5.89 Å². The Hall–Kier alpha value is -3.66. The predicted molar refractivity (Wildman–Crippen MR) is 102 cm³/mol. The molecule has 1 aromatic heterocycles. The predicted octanol–water partition coefficient (Wildman–Crippen LogP) is 2.75. The van der Waals surface area contributed by atoms with Crippen LogP contribution in [0.1, 0.15) is 17.0 Å². The maximum atomic E-state index is 11.5. The molecule has 0 atom stereocenters. The van der Waals surface area contributed by atoms with Crippen LogP contribution in [-0.2, 0) is 11.4 Å². The topological polar surface area (TPSA) is 131 Å². The molecule has 0 fully saturated rings. The van der Waals surface area contributed by atoms with Crippen molar-refractivity contribution in [3.63, 3.8) is 0 Å². The Balaban J connectivity index is 1.78. The van der Waals surface area contributed by atoms with Gasteiger partial charge in [-0.3, -0.25) is 10.1 Å². The number of hydrogen-bond acceptors (Lipinski definition) is 9. The summed E-state index contributed by atoms with van der Waals surface area (Å²) >= 11 is 0.779. The largest absolute Gasteiger partial charge is 0.544 e. The Morgan fingerprint density at radius 3 is 2.55 bits per heavy atom. The molecule has 0 saturated heterocycles. The zero-order chi connectivity index (χ0) is 20.8. The van der Waals surface area contributed by atoms with Gasteiger partial charge in [0.1, 0.15) is 12.4 Å². The maximum absolute atomic E-state index is 11.5. The van der Waals surface area contributed by atoms with Gasteiger partial charge in [-0.15, -0.1) is 10.2 Å². The summed E-state index contributed by atoms with van der Waals surface area (Å²) in [4.78, 5) is 21.6. The maximum Gasteiger partial charge on any atom is 0.281 e. The van der Waals surface area contributed by atoms with Gasteiger partial charge >= 0.3 is 0 Å². The van der Waals surface area contributed by atoms with Crippen LogP contribution in [-0.4, -0.2) is 21.1 Å². The third kappa shape index (κ3) is 5.42. The Labute approximate surface area is 169 Å². The lowest BCUT2D eigenvalue weighted by molar-refractivity contribution is -0.384. The first-order valence-corrected chi connectivity index (χ1v) is 9.10. The van der Waals surface area contributed by atoms with Gasteiger partial charge in [-0.05, 0) is 41.6 Å². The van der Waals surface area contributed by atoms with Crippen molar-refractivity contribution in [2.24, 2.45) is 0 Å². The van der Waals surface area contributed by atoms with Crippen LogP contribution in [0.2, 0.25) is 0 Å². The first kappa shape index (κ1) is 20.1. The van der Waals surface area contributed by atoms with Crippen LogP contribution in [0.5, 0.6) is 5.75 Å². The number of ether oxygens (including phenoxy) is 1. The summed E-state index contributed by atoms with van der Waals surface area (Å²) in [6, 6.07) is 12.8. The van der Waals surface area contributed by atoms with E-state index in [9.17, 15) is 20.0 Å². The van der Waals surface area contributed by atoms with Gasteiger partial charge in [0.05, 0.1) is 10.9 Å². The molecule has 2 aromatic carbocycles. The zero-order valence-electron chi connectivity index (χ0n) is 15.1. The van der Waals surface area contributed by atoms with Gasteiger partial charge in [0.15, 0.2) is 0 Å². The van der Waals surface area contributed by atoms with E-state index in [1.54, 1.807) is 43.3 Å². The van der Waals surface area contributed by atoms with Crippen LogP contribution in [0.25, 0.3) is 6.08 Å². The zero-order valence-corrected chi connectivity index (χ0v) is 15.9. The molecular formula is C19H14N3O6S-. The highest BCUT2D eigenvalue weighted by atomic mass is 32.2. The number of aliphatic carboxylic acids is 1. The number of para-hydroxylation sites is 1. The van der Waals surface area contributed by atoms with Crippen LogP contribution >= 0.6 is 11.8 Å². The number of carbonyl (C=O) groups is 1. The number of aromatic nitrogens is 2. The Bertz CT molecular complexity index is 1060. The summed E-state index contributed by atoms with van der Waals surface area (Å²) in [5, 5.41) is 29.7. The number of carboxylic acid groups (broad SMARTS) is 1. The molecule has 0 bridgehead atoms. The van der Waals surface area contributed by atoms with Crippen molar-refractivity contribution in [2.45, 2.75) is 18.8 Å². The fourth-order valence-electron chi connectivity index (χ4n) is 2.29. The molecule has 29 heavy (non-hydrogen) atoms. The molecule has 0 aliphatic heterocycles. The normalized spacial score (nSPS) is 11.3. The van der Waals surface area contributed by atoms with Crippen molar-refractivity contribution in [1.82, 2.24) is 10.2 Å². The molecule has 148 valence electrons. The number of nitro benzene ring substituents is 1. The summed E-state index contributed by atoms with van der Waals surface area (Å²) in [5.41, 5.74) is 1.23. The Morgan fingerprint density at radius 2 is 1.93 bits per heavy atom. The second-order valence-electron chi connectivity index (χ2n) is 5.74. The van der Waals surface area contributed by atoms with Gasteiger partial charge in [-0.25, -0.2) is 0 Å². The number of nitrogens with zero attached hydrogens (tertiary/aromatic N) is 3. The van der Waals surface area contributed by atoms with Gasteiger partial charge in [0.25, 0.3) is 10.9 Å². The minimum atomic E-state index is -1.39. The minimum absolute atomic E-state index is 0.0102. The molecule has 0 aliphatic carbocycles. The number of aryl methyl sites for hydroxylation is 1. The van der Waals surface area contributed by atoms with E-state index in [0.29, 0.717) is 17.2 Å². The quantitative estimate of drug-likeness (QED) is 0.237. The first-order valence-electron chi connectivity index (χ1n) is 8.28. The molecule has 9 nitrogen and oxygen atoms in total. The monoisotopic (exact) mass is 412 g/mol. The average molecular weight is 412 g/mol. The second kappa shape index (κ2) is 9.02. The highest BCUT2D eigenvalue weighted by molar-refractivity contribution is 8.03. The van der Waals surface area contributed by atoms with Crippen molar-refractivity contribution in [3.05, 3.63) is 80.6 Å². The third-order valence-corrected chi connectivity index (χ3v) is 4.50.